The lowest BCUT2D eigenvalue weighted by Gasteiger charge is -2.11. The molecule has 1 heterocycles. The molecule has 0 unspecified atom stereocenters. The van der Waals surface area contributed by atoms with E-state index in [0.29, 0.717) is 26.2 Å². The minimum Gasteiger partial charge on any atom is -0.381 e. The lowest BCUT2D eigenvalue weighted by molar-refractivity contribution is -0.141. The summed E-state index contributed by atoms with van der Waals surface area (Å²) in [6, 6.07) is 0.902. The molecule has 2 N–H and O–H groups in total. The van der Waals surface area contributed by atoms with Crippen LogP contribution in [0.2, 0.25) is 0 Å². The van der Waals surface area contributed by atoms with Crippen molar-refractivity contribution in [1.29, 1.82) is 0 Å². The van der Waals surface area contributed by atoms with Crippen LogP contribution in [-0.4, -0.2) is 36.8 Å². The number of rotatable bonds is 9. The van der Waals surface area contributed by atoms with Crippen LogP contribution in [0, 0.1) is 0 Å². The number of hydrogen-bond donors (Lipinski definition) is 2. The average Bonchev–Trinajstić information content (AvgIpc) is 2.45. The monoisotopic (exact) mass is 306 g/mol. The highest BCUT2D eigenvalue weighted by molar-refractivity contribution is 5.42. The van der Waals surface area contributed by atoms with Crippen molar-refractivity contribution in [1.82, 2.24) is 9.97 Å². The van der Waals surface area contributed by atoms with Gasteiger partial charge in [0.1, 0.15) is 5.82 Å². The number of nitrogens with one attached hydrogen (secondary N) is 2. The molecular weight excluding hydrogens is 285 g/mol. The molecule has 0 aliphatic heterocycles. The van der Waals surface area contributed by atoms with Crippen LogP contribution in [0.3, 0.4) is 0 Å². The van der Waals surface area contributed by atoms with Gasteiger partial charge in [0.05, 0.1) is 0 Å². The second-order valence-electron chi connectivity index (χ2n) is 4.46. The van der Waals surface area contributed by atoms with E-state index >= 15 is 0 Å². The third kappa shape index (κ3) is 6.61. The molecule has 0 aliphatic carbocycles. The first-order chi connectivity index (χ1) is 9.97. The second kappa shape index (κ2) is 8.66. The largest absolute Gasteiger partial charge is 0.433 e. The van der Waals surface area contributed by atoms with Crippen molar-refractivity contribution in [3.05, 3.63) is 11.8 Å². The summed E-state index contributed by atoms with van der Waals surface area (Å²) < 4.78 is 43.4. The van der Waals surface area contributed by atoms with Gasteiger partial charge in [-0.1, -0.05) is 13.3 Å². The lowest BCUT2D eigenvalue weighted by Crippen LogP contribution is -2.14. The molecule has 1 rings (SSSR count). The van der Waals surface area contributed by atoms with Gasteiger partial charge in [0.15, 0.2) is 5.69 Å². The molecule has 8 heteroatoms. The molecule has 0 atom stereocenters. The number of hydrogen-bond acceptors (Lipinski definition) is 5. The van der Waals surface area contributed by atoms with Crippen LogP contribution >= 0.6 is 0 Å². The van der Waals surface area contributed by atoms with Crippen molar-refractivity contribution in [3.63, 3.8) is 0 Å². The van der Waals surface area contributed by atoms with Crippen LogP contribution in [0.25, 0.3) is 0 Å². The molecule has 0 saturated heterocycles. The van der Waals surface area contributed by atoms with Gasteiger partial charge in [-0.3, -0.25) is 0 Å². The third-order valence-corrected chi connectivity index (χ3v) is 2.65. The van der Waals surface area contributed by atoms with Crippen molar-refractivity contribution in [2.45, 2.75) is 32.4 Å². The number of unbranched alkanes of at least 4 members (excludes halogenated alkanes) is 1. The molecule has 0 amide bonds. The van der Waals surface area contributed by atoms with Crippen LogP contribution in [0.15, 0.2) is 6.07 Å². The molecule has 0 aliphatic rings. The number of nitrogens with zero attached hydrogens (tertiary/aromatic N) is 2. The average molecular weight is 306 g/mol. The summed E-state index contributed by atoms with van der Waals surface area (Å²) in [5, 5.41) is 5.37. The summed E-state index contributed by atoms with van der Waals surface area (Å²) in [4.78, 5) is 7.33. The Balaban J connectivity index is 2.47. The molecule has 0 spiro atoms. The number of halogens is 3. The molecule has 120 valence electrons. The molecule has 0 bridgehead atoms. The lowest BCUT2D eigenvalue weighted by atomic mass is 10.3. The predicted octanol–water partition coefficient (Wildman–Crippen LogP) is 3.16. The van der Waals surface area contributed by atoms with Gasteiger partial charge in [-0.05, 0) is 12.8 Å². The Labute approximate surface area is 122 Å². The standard InChI is InChI=1S/C13H21F3N4O/c1-3-4-7-21-8-5-6-18-11-9-10(13(14,15)16)19-12(17-2)20-11/h9H,3-8H2,1-2H3,(H2,17,18,19,20). The SMILES string of the molecule is CCCCOCCCNc1cc(C(F)(F)F)nc(NC)n1. The first-order valence-corrected chi connectivity index (χ1v) is 6.93. The molecule has 1 aromatic rings. The van der Waals surface area contributed by atoms with Gasteiger partial charge < -0.3 is 15.4 Å². The molecule has 0 aromatic carbocycles. The van der Waals surface area contributed by atoms with Crippen molar-refractivity contribution in [3.8, 4) is 0 Å². The van der Waals surface area contributed by atoms with Crippen LogP contribution in [0.4, 0.5) is 24.9 Å². The fourth-order valence-electron chi connectivity index (χ4n) is 1.53. The Hall–Kier alpha value is -1.57. The fourth-order valence-corrected chi connectivity index (χ4v) is 1.53. The summed E-state index contributed by atoms with van der Waals surface area (Å²) in [6.07, 6.45) is -1.70. The molecule has 5 nitrogen and oxygen atoms in total. The molecule has 0 saturated carbocycles. The highest BCUT2D eigenvalue weighted by Gasteiger charge is 2.33. The van der Waals surface area contributed by atoms with Crippen molar-refractivity contribution >= 4 is 11.8 Å². The van der Waals surface area contributed by atoms with E-state index in [4.69, 9.17) is 4.74 Å². The summed E-state index contributed by atoms with van der Waals surface area (Å²) in [7, 11) is 1.47. The smallest absolute Gasteiger partial charge is 0.381 e. The quantitative estimate of drug-likeness (QED) is 0.686. The van der Waals surface area contributed by atoms with Crippen molar-refractivity contribution in [2.75, 3.05) is 37.4 Å². The van der Waals surface area contributed by atoms with Gasteiger partial charge in [-0.25, -0.2) is 4.98 Å². The number of ether oxygens (including phenoxy) is 1. The Morgan fingerprint density at radius 3 is 2.52 bits per heavy atom. The van der Waals surface area contributed by atoms with Gasteiger partial charge in [0.25, 0.3) is 0 Å². The van der Waals surface area contributed by atoms with E-state index in [1.54, 1.807) is 0 Å². The highest BCUT2D eigenvalue weighted by atomic mass is 19.4. The van der Waals surface area contributed by atoms with Gasteiger partial charge in [-0.2, -0.15) is 18.2 Å². The summed E-state index contributed by atoms with van der Waals surface area (Å²) in [5.74, 6) is 0.0850. The summed E-state index contributed by atoms with van der Waals surface area (Å²) >= 11 is 0. The van der Waals surface area contributed by atoms with E-state index in [9.17, 15) is 13.2 Å². The van der Waals surface area contributed by atoms with Crippen molar-refractivity contribution in [2.24, 2.45) is 0 Å². The van der Waals surface area contributed by atoms with Crippen molar-refractivity contribution < 1.29 is 17.9 Å². The van der Waals surface area contributed by atoms with Gasteiger partial charge >= 0.3 is 6.18 Å². The maximum atomic E-state index is 12.7. The van der Waals surface area contributed by atoms with Gasteiger partial charge in [0.2, 0.25) is 5.95 Å². The van der Waals surface area contributed by atoms with Crippen LogP contribution in [0.5, 0.6) is 0 Å². The number of alkyl halides is 3. The zero-order valence-corrected chi connectivity index (χ0v) is 12.3. The normalized spacial score (nSPS) is 11.5. The van der Waals surface area contributed by atoms with E-state index in [0.717, 1.165) is 18.9 Å². The molecular formula is C13H21F3N4O. The number of anilines is 2. The molecule has 0 radical (unpaired) electrons. The maximum Gasteiger partial charge on any atom is 0.433 e. The second-order valence-corrected chi connectivity index (χ2v) is 4.46. The Bertz CT molecular complexity index is 426. The van der Waals surface area contributed by atoms with E-state index < -0.39 is 11.9 Å². The first kappa shape index (κ1) is 17.5. The Morgan fingerprint density at radius 1 is 1.19 bits per heavy atom. The Morgan fingerprint density at radius 2 is 1.90 bits per heavy atom. The van der Waals surface area contributed by atoms with Crippen LogP contribution in [0.1, 0.15) is 31.9 Å². The van der Waals surface area contributed by atoms with E-state index in [-0.39, 0.29) is 11.8 Å². The van der Waals surface area contributed by atoms with Gasteiger partial charge in [0, 0.05) is 32.9 Å². The first-order valence-electron chi connectivity index (χ1n) is 6.93. The van der Waals surface area contributed by atoms with E-state index in [1.807, 2.05) is 0 Å². The Kier molecular flexibility index (Phi) is 7.21. The fraction of sp³-hybridized carbons (Fsp3) is 0.692. The molecule has 0 fully saturated rings. The minimum absolute atomic E-state index is 0.0634. The maximum absolute atomic E-state index is 12.7. The third-order valence-electron chi connectivity index (χ3n) is 2.65. The van der Waals surface area contributed by atoms with Crippen LogP contribution < -0.4 is 10.6 Å². The zero-order valence-electron chi connectivity index (χ0n) is 12.3. The summed E-state index contributed by atoms with van der Waals surface area (Å²) in [5.41, 5.74) is -0.969. The molecule has 1 aromatic heterocycles. The minimum atomic E-state index is -4.49. The predicted molar refractivity (Wildman–Crippen MR) is 75.4 cm³/mol. The van der Waals surface area contributed by atoms with Gasteiger partial charge in [-0.15, -0.1) is 0 Å². The van der Waals surface area contributed by atoms with Crippen LogP contribution in [-0.2, 0) is 10.9 Å². The number of aromatic nitrogens is 2. The zero-order chi connectivity index (χ0) is 15.7. The summed E-state index contributed by atoms with van der Waals surface area (Å²) in [6.45, 7) is 3.86. The topological polar surface area (TPSA) is 59.1 Å². The van der Waals surface area contributed by atoms with E-state index in [1.165, 1.54) is 7.05 Å². The highest BCUT2D eigenvalue weighted by Crippen LogP contribution is 2.29. The molecule has 21 heavy (non-hydrogen) atoms. The van der Waals surface area contributed by atoms with E-state index in [2.05, 4.69) is 27.5 Å².